The van der Waals surface area contributed by atoms with Crippen molar-refractivity contribution >= 4 is 49.1 Å². The lowest BCUT2D eigenvalue weighted by Crippen LogP contribution is -2.31. The summed E-state index contributed by atoms with van der Waals surface area (Å²) in [4.78, 5) is 12.1. The van der Waals surface area contributed by atoms with Gasteiger partial charge < -0.3 is 10.6 Å². The minimum atomic E-state index is -0.320. The largest absolute Gasteiger partial charge is 0.374 e. The highest BCUT2D eigenvalue weighted by Crippen LogP contribution is 2.16. The second-order valence-electron chi connectivity index (χ2n) is 4.37. The van der Waals surface area contributed by atoms with Crippen molar-refractivity contribution in [3.05, 3.63) is 57.5 Å². The molecule has 2 N–H and O–H groups in total. The van der Waals surface area contributed by atoms with Crippen LogP contribution < -0.4 is 10.6 Å². The van der Waals surface area contributed by atoms with E-state index in [1.54, 1.807) is 0 Å². The molecule has 0 saturated carbocycles. The van der Waals surface area contributed by atoms with Crippen LogP contribution >= 0.6 is 31.9 Å². The van der Waals surface area contributed by atoms with Crippen LogP contribution in [0.5, 0.6) is 0 Å². The van der Waals surface area contributed by atoms with E-state index in [0.29, 0.717) is 0 Å². The monoisotopic (exact) mass is 396 g/mol. The zero-order chi connectivity index (χ0) is 14.5. The predicted molar refractivity (Wildman–Crippen MR) is 90.0 cm³/mol. The summed E-state index contributed by atoms with van der Waals surface area (Å²) in [7, 11) is 0. The van der Waals surface area contributed by atoms with Gasteiger partial charge in [0.1, 0.15) is 6.04 Å². The highest BCUT2D eigenvalue weighted by Gasteiger charge is 2.12. The first kappa shape index (κ1) is 15.1. The lowest BCUT2D eigenvalue weighted by atomic mass is 10.2. The maximum Gasteiger partial charge on any atom is 0.246 e. The van der Waals surface area contributed by atoms with E-state index in [9.17, 15) is 4.79 Å². The summed E-state index contributed by atoms with van der Waals surface area (Å²) in [5.74, 6) is -0.0739. The summed E-state index contributed by atoms with van der Waals surface area (Å²) in [6.07, 6.45) is 0. The van der Waals surface area contributed by atoms with Crippen molar-refractivity contribution in [1.82, 2.24) is 0 Å². The molecule has 1 atom stereocenters. The summed E-state index contributed by atoms with van der Waals surface area (Å²) < 4.78 is 1.99. The zero-order valence-electron chi connectivity index (χ0n) is 10.9. The van der Waals surface area contributed by atoms with Crippen LogP contribution in [0.4, 0.5) is 11.4 Å². The van der Waals surface area contributed by atoms with E-state index in [1.807, 2.05) is 55.5 Å². The van der Waals surface area contributed by atoms with Crippen LogP contribution in [0.3, 0.4) is 0 Å². The Hall–Kier alpha value is -1.33. The first-order valence-electron chi connectivity index (χ1n) is 6.13. The Labute approximate surface area is 135 Å². The van der Waals surface area contributed by atoms with E-state index < -0.39 is 0 Å². The van der Waals surface area contributed by atoms with Crippen molar-refractivity contribution in [2.75, 3.05) is 10.6 Å². The highest BCUT2D eigenvalue weighted by atomic mass is 79.9. The minimum Gasteiger partial charge on any atom is -0.374 e. The number of carbonyl (C=O) groups is 1. The van der Waals surface area contributed by atoms with Crippen LogP contribution in [-0.4, -0.2) is 11.9 Å². The Morgan fingerprint density at radius 2 is 1.35 bits per heavy atom. The van der Waals surface area contributed by atoms with Gasteiger partial charge in [-0.3, -0.25) is 4.79 Å². The Balaban J connectivity index is 1.94. The van der Waals surface area contributed by atoms with E-state index in [4.69, 9.17) is 0 Å². The molecule has 104 valence electrons. The molecule has 0 bridgehead atoms. The molecule has 0 aromatic heterocycles. The molecule has 0 aliphatic carbocycles. The third-order valence-corrected chi connectivity index (χ3v) is 3.79. The highest BCUT2D eigenvalue weighted by molar-refractivity contribution is 9.10. The van der Waals surface area contributed by atoms with Crippen molar-refractivity contribution in [3.63, 3.8) is 0 Å². The molecule has 0 aliphatic rings. The molecular formula is C15H14Br2N2O. The molecule has 0 radical (unpaired) electrons. The number of carbonyl (C=O) groups excluding carboxylic acids is 1. The van der Waals surface area contributed by atoms with E-state index in [-0.39, 0.29) is 11.9 Å². The third-order valence-electron chi connectivity index (χ3n) is 2.73. The Bertz CT molecular complexity index is 582. The van der Waals surface area contributed by atoms with Crippen LogP contribution in [-0.2, 0) is 4.79 Å². The summed E-state index contributed by atoms with van der Waals surface area (Å²) in [6, 6.07) is 14.9. The topological polar surface area (TPSA) is 41.1 Å². The minimum absolute atomic E-state index is 0.0739. The number of hydrogen-bond acceptors (Lipinski definition) is 2. The smallest absolute Gasteiger partial charge is 0.246 e. The molecule has 0 unspecified atom stereocenters. The van der Waals surface area contributed by atoms with Gasteiger partial charge in [-0.05, 0) is 55.5 Å². The van der Waals surface area contributed by atoms with Gasteiger partial charge in [0.15, 0.2) is 0 Å². The van der Waals surface area contributed by atoms with Crippen LogP contribution in [0.2, 0.25) is 0 Å². The number of halogens is 2. The average Bonchev–Trinajstić information content (AvgIpc) is 2.44. The molecular weight excluding hydrogens is 384 g/mol. The number of anilines is 2. The molecule has 0 heterocycles. The van der Waals surface area contributed by atoms with Crippen molar-refractivity contribution in [2.24, 2.45) is 0 Å². The van der Waals surface area contributed by atoms with Gasteiger partial charge in [-0.25, -0.2) is 0 Å². The van der Waals surface area contributed by atoms with Gasteiger partial charge in [0.25, 0.3) is 0 Å². The number of amides is 1. The number of hydrogen-bond donors (Lipinski definition) is 2. The first-order chi connectivity index (χ1) is 9.54. The van der Waals surface area contributed by atoms with Gasteiger partial charge in [0.2, 0.25) is 5.91 Å². The third kappa shape index (κ3) is 4.35. The standard InChI is InChI=1S/C15H14Br2N2O/c1-10(18-13-6-2-11(16)3-7-13)15(20)19-14-8-4-12(17)5-9-14/h2-10,18H,1H3,(H,19,20)/t10-/m0/s1. The molecule has 3 nitrogen and oxygen atoms in total. The molecule has 5 heteroatoms. The molecule has 2 rings (SSSR count). The van der Waals surface area contributed by atoms with Crippen molar-refractivity contribution < 1.29 is 4.79 Å². The fraction of sp³-hybridized carbons (Fsp3) is 0.133. The van der Waals surface area contributed by atoms with Crippen LogP contribution in [0, 0.1) is 0 Å². The summed E-state index contributed by atoms with van der Waals surface area (Å²) >= 11 is 6.74. The van der Waals surface area contributed by atoms with E-state index in [1.165, 1.54) is 0 Å². The van der Waals surface area contributed by atoms with Crippen LogP contribution in [0.1, 0.15) is 6.92 Å². The SMILES string of the molecule is C[C@H](Nc1ccc(Br)cc1)C(=O)Nc1ccc(Br)cc1. The lowest BCUT2D eigenvalue weighted by Gasteiger charge is -2.15. The fourth-order valence-corrected chi connectivity index (χ4v) is 2.17. The van der Waals surface area contributed by atoms with Crippen LogP contribution in [0.15, 0.2) is 57.5 Å². The van der Waals surface area contributed by atoms with E-state index in [2.05, 4.69) is 42.5 Å². The lowest BCUT2D eigenvalue weighted by molar-refractivity contribution is -0.116. The second-order valence-corrected chi connectivity index (χ2v) is 6.20. The normalized spacial score (nSPS) is 11.8. The molecule has 0 saturated heterocycles. The summed E-state index contributed by atoms with van der Waals surface area (Å²) in [5.41, 5.74) is 1.69. The van der Waals surface area contributed by atoms with Gasteiger partial charge in [0, 0.05) is 20.3 Å². The van der Waals surface area contributed by atoms with Gasteiger partial charge in [-0.2, -0.15) is 0 Å². The molecule has 1 amide bonds. The van der Waals surface area contributed by atoms with Crippen LogP contribution in [0.25, 0.3) is 0 Å². The average molecular weight is 398 g/mol. The zero-order valence-corrected chi connectivity index (χ0v) is 14.0. The first-order valence-corrected chi connectivity index (χ1v) is 7.72. The fourth-order valence-electron chi connectivity index (χ4n) is 1.65. The van der Waals surface area contributed by atoms with Gasteiger partial charge in [-0.15, -0.1) is 0 Å². The number of rotatable bonds is 4. The van der Waals surface area contributed by atoms with Gasteiger partial charge in [0.05, 0.1) is 0 Å². The Kier molecular flexibility index (Phi) is 5.20. The quantitative estimate of drug-likeness (QED) is 0.788. The van der Waals surface area contributed by atoms with E-state index in [0.717, 1.165) is 20.3 Å². The Morgan fingerprint density at radius 3 is 1.85 bits per heavy atom. The summed E-state index contributed by atoms with van der Waals surface area (Å²) in [6.45, 7) is 1.83. The van der Waals surface area contributed by atoms with Crippen molar-refractivity contribution in [3.8, 4) is 0 Å². The number of benzene rings is 2. The van der Waals surface area contributed by atoms with E-state index >= 15 is 0 Å². The maximum atomic E-state index is 12.1. The summed E-state index contributed by atoms with van der Waals surface area (Å²) in [5, 5.41) is 6.03. The number of nitrogens with one attached hydrogen (secondary N) is 2. The molecule has 2 aromatic carbocycles. The second kappa shape index (κ2) is 6.90. The molecule has 0 aliphatic heterocycles. The van der Waals surface area contributed by atoms with Gasteiger partial charge >= 0.3 is 0 Å². The molecule has 2 aromatic rings. The van der Waals surface area contributed by atoms with Crippen molar-refractivity contribution in [2.45, 2.75) is 13.0 Å². The maximum absolute atomic E-state index is 12.1. The molecule has 0 fully saturated rings. The molecule has 0 spiro atoms. The predicted octanol–water partition coefficient (Wildman–Crippen LogP) is 4.65. The Morgan fingerprint density at radius 1 is 0.900 bits per heavy atom. The van der Waals surface area contributed by atoms with Crippen molar-refractivity contribution in [1.29, 1.82) is 0 Å². The molecule has 20 heavy (non-hydrogen) atoms. The van der Waals surface area contributed by atoms with Gasteiger partial charge in [-0.1, -0.05) is 31.9 Å².